The van der Waals surface area contributed by atoms with Crippen molar-refractivity contribution in [3.8, 4) is 0 Å². The molecule has 2 saturated carbocycles. The van der Waals surface area contributed by atoms with Crippen LogP contribution in [-0.4, -0.2) is 67.2 Å². The molecule has 4 fully saturated rings. The van der Waals surface area contributed by atoms with Crippen LogP contribution >= 0.6 is 24.8 Å². The summed E-state index contributed by atoms with van der Waals surface area (Å²) in [5.74, 6) is 1.85. The first kappa shape index (κ1) is 22.2. The minimum absolute atomic E-state index is 0. The van der Waals surface area contributed by atoms with Gasteiger partial charge < -0.3 is 15.4 Å². The molecule has 26 heavy (non-hydrogen) atoms. The fraction of sp³-hybridized carbons (Fsp3) is 0.947. The third kappa shape index (κ3) is 4.67. The SMILES string of the molecule is Cl.Cl.NC1C2CCCC1CC(C(=O)N1CCN(C3CCOCC3)CC1)C2. The van der Waals surface area contributed by atoms with Crippen molar-refractivity contribution in [1.29, 1.82) is 0 Å². The summed E-state index contributed by atoms with van der Waals surface area (Å²) in [6.07, 6.45) is 8.16. The van der Waals surface area contributed by atoms with Crippen LogP contribution in [0, 0.1) is 17.8 Å². The maximum Gasteiger partial charge on any atom is 0.225 e. The van der Waals surface area contributed by atoms with Crippen molar-refractivity contribution in [2.24, 2.45) is 23.5 Å². The highest BCUT2D eigenvalue weighted by molar-refractivity contribution is 5.85. The monoisotopic (exact) mass is 407 g/mol. The molecule has 4 rings (SSSR count). The van der Waals surface area contributed by atoms with Gasteiger partial charge in [0.25, 0.3) is 0 Å². The van der Waals surface area contributed by atoms with Crippen LogP contribution < -0.4 is 5.73 Å². The molecule has 0 aromatic heterocycles. The molecule has 5 nitrogen and oxygen atoms in total. The lowest BCUT2D eigenvalue weighted by Gasteiger charge is -2.46. The van der Waals surface area contributed by atoms with Gasteiger partial charge in [0.15, 0.2) is 0 Å². The molecule has 2 bridgehead atoms. The lowest BCUT2D eigenvalue weighted by molar-refractivity contribution is -0.141. The number of amides is 1. The molecule has 0 aromatic carbocycles. The van der Waals surface area contributed by atoms with Crippen LogP contribution in [0.1, 0.15) is 44.9 Å². The highest BCUT2D eigenvalue weighted by atomic mass is 35.5. The Morgan fingerprint density at radius 3 is 2.04 bits per heavy atom. The Bertz CT molecular complexity index is 440. The number of hydrogen-bond donors (Lipinski definition) is 1. The molecule has 2 aliphatic heterocycles. The summed E-state index contributed by atoms with van der Waals surface area (Å²) in [4.78, 5) is 17.7. The molecule has 0 radical (unpaired) electrons. The molecule has 2 atom stereocenters. The van der Waals surface area contributed by atoms with Crippen molar-refractivity contribution in [3.63, 3.8) is 0 Å². The summed E-state index contributed by atoms with van der Waals surface area (Å²) in [6, 6.07) is 1.02. The lowest BCUT2D eigenvalue weighted by atomic mass is 9.65. The Kier molecular flexibility index (Phi) is 8.48. The van der Waals surface area contributed by atoms with E-state index in [0.717, 1.165) is 65.1 Å². The average Bonchev–Trinajstić information content (AvgIpc) is 2.62. The number of halogens is 2. The number of nitrogens with zero attached hydrogens (tertiary/aromatic N) is 2. The van der Waals surface area contributed by atoms with Gasteiger partial charge in [0.1, 0.15) is 0 Å². The zero-order chi connectivity index (χ0) is 16.5. The van der Waals surface area contributed by atoms with Crippen LogP contribution in [0.15, 0.2) is 0 Å². The van der Waals surface area contributed by atoms with Crippen molar-refractivity contribution in [3.05, 3.63) is 0 Å². The van der Waals surface area contributed by atoms with Crippen molar-refractivity contribution in [2.75, 3.05) is 39.4 Å². The number of nitrogens with two attached hydrogens (primary N) is 1. The van der Waals surface area contributed by atoms with E-state index in [4.69, 9.17) is 10.5 Å². The fourth-order valence-electron chi connectivity index (χ4n) is 5.61. The fourth-order valence-corrected chi connectivity index (χ4v) is 5.61. The predicted octanol–water partition coefficient (Wildman–Crippen LogP) is 2.31. The summed E-state index contributed by atoms with van der Waals surface area (Å²) >= 11 is 0. The van der Waals surface area contributed by atoms with E-state index in [1.165, 1.54) is 19.3 Å². The Labute approximate surface area is 170 Å². The molecule has 152 valence electrons. The van der Waals surface area contributed by atoms with Crippen molar-refractivity contribution >= 4 is 30.7 Å². The number of carbonyl (C=O) groups excluding carboxylic acids is 1. The Morgan fingerprint density at radius 2 is 1.46 bits per heavy atom. The Morgan fingerprint density at radius 1 is 0.885 bits per heavy atom. The van der Waals surface area contributed by atoms with E-state index in [1.807, 2.05) is 0 Å². The van der Waals surface area contributed by atoms with E-state index < -0.39 is 0 Å². The first-order chi connectivity index (χ1) is 11.7. The standard InChI is InChI=1S/C19H33N3O2.2ClH/c20-18-14-2-1-3-15(18)13-16(12-14)19(23)22-8-6-21(7-9-22)17-4-10-24-11-5-17;;/h14-18H,1-13,20H2;2*1H. The van der Waals surface area contributed by atoms with Crippen molar-refractivity contribution < 1.29 is 9.53 Å². The Balaban J connectivity index is 0.00000121. The van der Waals surface area contributed by atoms with E-state index >= 15 is 0 Å². The smallest absolute Gasteiger partial charge is 0.225 e. The normalized spacial score (nSPS) is 36.0. The van der Waals surface area contributed by atoms with Crippen LogP contribution in [0.5, 0.6) is 0 Å². The van der Waals surface area contributed by atoms with Crippen molar-refractivity contribution in [1.82, 2.24) is 9.80 Å². The zero-order valence-electron chi connectivity index (χ0n) is 15.7. The molecule has 4 aliphatic rings. The van der Waals surface area contributed by atoms with Gasteiger partial charge >= 0.3 is 0 Å². The van der Waals surface area contributed by atoms with Gasteiger partial charge in [0.2, 0.25) is 5.91 Å². The molecule has 7 heteroatoms. The van der Waals surface area contributed by atoms with Gasteiger partial charge in [-0.15, -0.1) is 24.8 Å². The number of fused-ring (bicyclic) bond motifs is 2. The molecule has 2 N–H and O–H groups in total. The van der Waals surface area contributed by atoms with Gasteiger partial charge in [-0.25, -0.2) is 0 Å². The van der Waals surface area contributed by atoms with Gasteiger partial charge in [-0.05, 0) is 50.4 Å². The number of piperazine rings is 1. The van der Waals surface area contributed by atoms with E-state index in [0.29, 0.717) is 29.8 Å². The maximum atomic E-state index is 13.0. The minimum atomic E-state index is 0. The summed E-state index contributed by atoms with van der Waals surface area (Å²) in [5, 5.41) is 0. The first-order valence-corrected chi connectivity index (χ1v) is 10.1. The van der Waals surface area contributed by atoms with E-state index in [-0.39, 0.29) is 30.7 Å². The zero-order valence-corrected chi connectivity index (χ0v) is 17.3. The van der Waals surface area contributed by atoms with Crippen LogP contribution in [0.3, 0.4) is 0 Å². The molecular formula is C19H35Cl2N3O2. The minimum Gasteiger partial charge on any atom is -0.381 e. The lowest BCUT2D eigenvalue weighted by Crippen LogP contribution is -2.55. The highest BCUT2D eigenvalue weighted by Gasteiger charge is 2.42. The van der Waals surface area contributed by atoms with Crippen LogP contribution in [0.2, 0.25) is 0 Å². The number of ether oxygens (including phenoxy) is 1. The molecule has 0 aromatic rings. The largest absolute Gasteiger partial charge is 0.381 e. The van der Waals surface area contributed by atoms with E-state index in [1.54, 1.807) is 0 Å². The first-order valence-electron chi connectivity index (χ1n) is 10.1. The van der Waals surface area contributed by atoms with Gasteiger partial charge in [-0.1, -0.05) is 6.42 Å². The predicted molar refractivity (Wildman–Crippen MR) is 108 cm³/mol. The molecule has 2 aliphatic carbocycles. The van der Waals surface area contributed by atoms with Crippen LogP contribution in [0.4, 0.5) is 0 Å². The molecule has 1 amide bonds. The topological polar surface area (TPSA) is 58.8 Å². The molecular weight excluding hydrogens is 373 g/mol. The quantitative estimate of drug-likeness (QED) is 0.762. The average molecular weight is 408 g/mol. The summed E-state index contributed by atoms with van der Waals surface area (Å²) in [7, 11) is 0. The van der Waals surface area contributed by atoms with E-state index in [2.05, 4.69) is 9.80 Å². The van der Waals surface area contributed by atoms with Crippen molar-refractivity contribution in [2.45, 2.75) is 57.0 Å². The third-order valence-corrected chi connectivity index (χ3v) is 7.10. The number of carbonyl (C=O) groups is 1. The second kappa shape index (κ2) is 9.92. The number of hydrogen-bond acceptors (Lipinski definition) is 4. The van der Waals surface area contributed by atoms with Crippen LogP contribution in [-0.2, 0) is 9.53 Å². The van der Waals surface area contributed by atoms with Gasteiger partial charge in [0.05, 0.1) is 0 Å². The highest BCUT2D eigenvalue weighted by Crippen LogP contribution is 2.42. The maximum absolute atomic E-state index is 13.0. The van der Waals surface area contributed by atoms with Crippen LogP contribution in [0.25, 0.3) is 0 Å². The second-order valence-corrected chi connectivity index (χ2v) is 8.40. The van der Waals surface area contributed by atoms with Gasteiger partial charge in [-0.3, -0.25) is 9.69 Å². The summed E-state index contributed by atoms with van der Waals surface area (Å²) < 4.78 is 5.47. The van der Waals surface area contributed by atoms with Gasteiger partial charge in [0, 0.05) is 57.4 Å². The summed E-state index contributed by atoms with van der Waals surface area (Å²) in [6.45, 7) is 5.69. The molecule has 0 spiro atoms. The van der Waals surface area contributed by atoms with E-state index in [9.17, 15) is 4.79 Å². The Hall–Kier alpha value is -0.0700. The second-order valence-electron chi connectivity index (χ2n) is 8.40. The molecule has 2 unspecified atom stereocenters. The van der Waals surface area contributed by atoms with Gasteiger partial charge in [-0.2, -0.15) is 0 Å². The summed E-state index contributed by atoms with van der Waals surface area (Å²) in [5.41, 5.74) is 6.38. The molecule has 2 heterocycles. The molecule has 2 saturated heterocycles. The third-order valence-electron chi connectivity index (χ3n) is 7.10. The number of rotatable bonds is 2.